The summed E-state index contributed by atoms with van der Waals surface area (Å²) in [6.45, 7) is 0. The molecule has 3 aromatic rings. The van der Waals surface area contributed by atoms with Crippen LogP contribution in [0.5, 0.6) is 0 Å². The molecule has 0 saturated heterocycles. The van der Waals surface area contributed by atoms with Gasteiger partial charge in [-0.15, -0.1) is 0 Å². The Morgan fingerprint density at radius 3 is 1.57 bits per heavy atom. The van der Waals surface area contributed by atoms with Gasteiger partial charge in [0.15, 0.2) is 0 Å². The second-order valence-corrected chi connectivity index (χ2v) is 4.51. The van der Waals surface area contributed by atoms with Crippen molar-refractivity contribution in [2.75, 3.05) is 0 Å². The van der Waals surface area contributed by atoms with Crippen LogP contribution in [0.15, 0.2) is 67.3 Å². The number of hydrogen-bond acceptors (Lipinski definition) is 3. The van der Waals surface area contributed by atoms with E-state index in [4.69, 9.17) is 0 Å². The van der Waals surface area contributed by atoms with Gasteiger partial charge in [-0.1, -0.05) is 18.2 Å². The predicted octanol–water partition coefficient (Wildman–Crippen LogP) is 3.51. The lowest BCUT2D eigenvalue weighted by Crippen LogP contribution is -2.03. The predicted molar refractivity (Wildman–Crippen MR) is 79.9 cm³/mol. The van der Waals surface area contributed by atoms with Gasteiger partial charge in [0.1, 0.15) is 0 Å². The lowest BCUT2D eigenvalue weighted by Gasteiger charge is -2.11. The Balaban J connectivity index is 2.26. The molecule has 3 rings (SSSR count). The normalized spacial score (nSPS) is 10.3. The second kappa shape index (κ2) is 5.54. The van der Waals surface area contributed by atoms with Gasteiger partial charge in [-0.05, 0) is 46.5 Å². The van der Waals surface area contributed by atoms with E-state index in [9.17, 15) is 9.90 Å². The third kappa shape index (κ3) is 2.51. The van der Waals surface area contributed by atoms with Crippen LogP contribution in [0.4, 0.5) is 0 Å². The molecule has 1 N–H and O–H groups in total. The molecule has 21 heavy (non-hydrogen) atoms. The molecule has 4 nitrogen and oxygen atoms in total. The minimum atomic E-state index is -0.950. The van der Waals surface area contributed by atoms with Crippen molar-refractivity contribution in [1.82, 2.24) is 9.97 Å². The lowest BCUT2D eigenvalue weighted by molar-refractivity contribution is 0.0698. The van der Waals surface area contributed by atoms with Crippen molar-refractivity contribution in [2.24, 2.45) is 0 Å². The molecule has 2 heterocycles. The summed E-state index contributed by atoms with van der Waals surface area (Å²) in [4.78, 5) is 19.7. The van der Waals surface area contributed by atoms with Gasteiger partial charge in [-0.25, -0.2) is 4.79 Å². The van der Waals surface area contributed by atoms with E-state index in [2.05, 4.69) is 9.97 Å². The van der Waals surface area contributed by atoms with Crippen LogP contribution >= 0.6 is 0 Å². The Kier molecular flexibility index (Phi) is 3.43. The Morgan fingerprint density at radius 2 is 1.19 bits per heavy atom. The van der Waals surface area contributed by atoms with Gasteiger partial charge in [-0.3, -0.25) is 9.97 Å². The summed E-state index contributed by atoms with van der Waals surface area (Å²) in [6.07, 6.45) is 6.61. The molecule has 0 spiro atoms. The van der Waals surface area contributed by atoms with E-state index in [1.807, 2.05) is 18.2 Å². The molecule has 0 aliphatic heterocycles. The summed E-state index contributed by atoms with van der Waals surface area (Å²) in [6, 6.07) is 12.7. The van der Waals surface area contributed by atoms with E-state index in [1.54, 1.807) is 49.1 Å². The molecule has 0 aliphatic carbocycles. The molecule has 0 saturated carbocycles. The van der Waals surface area contributed by atoms with Crippen LogP contribution in [-0.2, 0) is 0 Å². The Morgan fingerprint density at radius 1 is 0.762 bits per heavy atom. The van der Waals surface area contributed by atoms with Crippen LogP contribution in [0.1, 0.15) is 10.4 Å². The maximum absolute atomic E-state index is 11.8. The fraction of sp³-hybridized carbons (Fsp3) is 0. The summed E-state index contributed by atoms with van der Waals surface area (Å²) < 4.78 is 0. The monoisotopic (exact) mass is 276 g/mol. The zero-order chi connectivity index (χ0) is 14.7. The number of hydrogen-bond donors (Lipinski definition) is 1. The highest BCUT2D eigenvalue weighted by atomic mass is 16.4. The highest BCUT2D eigenvalue weighted by Gasteiger charge is 2.17. The molecule has 2 aromatic heterocycles. The summed E-state index contributed by atoms with van der Waals surface area (Å²) in [5.74, 6) is -0.950. The third-order valence-corrected chi connectivity index (χ3v) is 3.26. The summed E-state index contributed by atoms with van der Waals surface area (Å²) in [7, 11) is 0. The van der Waals surface area contributed by atoms with Crippen molar-refractivity contribution in [1.29, 1.82) is 0 Å². The molecule has 0 bridgehead atoms. The van der Waals surface area contributed by atoms with Gasteiger partial charge < -0.3 is 5.11 Å². The lowest BCUT2D eigenvalue weighted by atomic mass is 9.92. The molecule has 4 heteroatoms. The number of aromatic carboxylic acids is 1. The van der Waals surface area contributed by atoms with Crippen molar-refractivity contribution in [3.8, 4) is 22.3 Å². The first kappa shape index (κ1) is 13.0. The average molecular weight is 276 g/mol. The summed E-state index contributed by atoms with van der Waals surface area (Å²) in [5, 5.41) is 9.64. The number of carboxylic acids is 1. The molecule has 0 amide bonds. The Hall–Kier alpha value is -3.01. The van der Waals surface area contributed by atoms with Gasteiger partial charge in [0.25, 0.3) is 0 Å². The van der Waals surface area contributed by atoms with Crippen molar-refractivity contribution in [3.63, 3.8) is 0 Å². The first-order valence-electron chi connectivity index (χ1n) is 6.44. The fourth-order valence-electron chi connectivity index (χ4n) is 2.33. The quantitative estimate of drug-likeness (QED) is 0.795. The Labute approximate surface area is 121 Å². The fourth-order valence-corrected chi connectivity index (χ4v) is 2.33. The van der Waals surface area contributed by atoms with Crippen LogP contribution in [0.2, 0.25) is 0 Å². The van der Waals surface area contributed by atoms with Gasteiger partial charge in [0.05, 0.1) is 5.56 Å². The molecule has 0 radical (unpaired) electrons. The molecule has 0 fully saturated rings. The third-order valence-electron chi connectivity index (χ3n) is 3.26. The van der Waals surface area contributed by atoms with Gasteiger partial charge in [0, 0.05) is 24.8 Å². The summed E-state index contributed by atoms with van der Waals surface area (Å²) in [5.41, 5.74) is 3.31. The Bertz CT molecular complexity index is 714. The molecule has 0 aliphatic rings. The molecule has 102 valence electrons. The second-order valence-electron chi connectivity index (χ2n) is 4.51. The van der Waals surface area contributed by atoms with Gasteiger partial charge >= 0.3 is 5.97 Å². The highest BCUT2D eigenvalue weighted by Crippen LogP contribution is 2.31. The SMILES string of the molecule is O=C(O)c1c(-c2ccncc2)cccc1-c1ccncc1. The van der Waals surface area contributed by atoms with Crippen molar-refractivity contribution in [2.45, 2.75) is 0 Å². The molecular formula is C17H12N2O2. The topological polar surface area (TPSA) is 63.1 Å². The number of carboxylic acid groups (broad SMARTS) is 1. The van der Waals surface area contributed by atoms with Gasteiger partial charge in [-0.2, -0.15) is 0 Å². The van der Waals surface area contributed by atoms with Crippen molar-refractivity contribution < 1.29 is 9.90 Å². The van der Waals surface area contributed by atoms with Crippen LogP contribution in [0.3, 0.4) is 0 Å². The van der Waals surface area contributed by atoms with Gasteiger partial charge in [0.2, 0.25) is 0 Å². The largest absolute Gasteiger partial charge is 0.478 e. The smallest absolute Gasteiger partial charge is 0.336 e. The first-order chi connectivity index (χ1) is 10.3. The summed E-state index contributed by atoms with van der Waals surface area (Å²) >= 11 is 0. The van der Waals surface area contributed by atoms with Crippen molar-refractivity contribution in [3.05, 3.63) is 72.8 Å². The van der Waals surface area contributed by atoms with E-state index in [1.165, 1.54) is 0 Å². The number of aromatic nitrogens is 2. The van der Waals surface area contributed by atoms with E-state index >= 15 is 0 Å². The standard InChI is InChI=1S/C17H12N2O2/c20-17(21)16-14(12-4-8-18-9-5-12)2-1-3-15(16)13-6-10-19-11-7-13/h1-11H,(H,20,21). The number of nitrogens with zero attached hydrogens (tertiary/aromatic N) is 2. The molecule has 0 unspecified atom stereocenters. The van der Waals surface area contributed by atoms with Crippen LogP contribution in [-0.4, -0.2) is 21.0 Å². The number of carbonyl (C=O) groups is 1. The van der Waals surface area contributed by atoms with Crippen molar-refractivity contribution >= 4 is 5.97 Å². The van der Waals surface area contributed by atoms with Crippen LogP contribution < -0.4 is 0 Å². The van der Waals surface area contributed by atoms with Crippen LogP contribution in [0.25, 0.3) is 22.3 Å². The van der Waals surface area contributed by atoms with E-state index in [0.29, 0.717) is 11.1 Å². The highest BCUT2D eigenvalue weighted by molar-refractivity contribution is 6.03. The maximum Gasteiger partial charge on any atom is 0.336 e. The minimum Gasteiger partial charge on any atom is -0.478 e. The van der Waals surface area contributed by atoms with E-state index < -0.39 is 5.97 Å². The number of rotatable bonds is 3. The first-order valence-corrected chi connectivity index (χ1v) is 6.44. The molecule has 0 atom stereocenters. The number of benzene rings is 1. The van der Waals surface area contributed by atoms with E-state index in [0.717, 1.165) is 11.1 Å². The van der Waals surface area contributed by atoms with Crippen LogP contribution in [0, 0.1) is 0 Å². The zero-order valence-electron chi connectivity index (χ0n) is 11.1. The minimum absolute atomic E-state index is 0.287. The molecule has 1 aromatic carbocycles. The number of pyridine rings is 2. The zero-order valence-corrected chi connectivity index (χ0v) is 11.1. The molecular weight excluding hydrogens is 264 g/mol. The maximum atomic E-state index is 11.8. The average Bonchev–Trinajstić information content (AvgIpc) is 2.55. The van der Waals surface area contributed by atoms with E-state index in [-0.39, 0.29) is 5.56 Å².